The first-order chi connectivity index (χ1) is 15.9. The van der Waals surface area contributed by atoms with Crippen molar-refractivity contribution >= 4 is 12.0 Å². The maximum atomic E-state index is 12.2. The van der Waals surface area contributed by atoms with Gasteiger partial charge in [-0.05, 0) is 69.5 Å². The van der Waals surface area contributed by atoms with Crippen LogP contribution in [0.15, 0.2) is 30.3 Å². The molecule has 3 N–H and O–H groups in total. The molecule has 3 aliphatic heterocycles. The van der Waals surface area contributed by atoms with Gasteiger partial charge in [-0.3, -0.25) is 4.90 Å². The standard InChI is InChI=1S/C25H35NO7/c1-16-22(28)23(29)24(30)25(32-16)33-19-10-7-17(8-11-19)9-12-21(27)31-15-18-5-4-14-26-13-3-2-6-20(18)26/h7-12,16,18,20,22-25,28-30H,2-6,13-15H2,1H3/t16-,18-,20+,22-,23+,24-,25+/m0/s1. The van der Waals surface area contributed by atoms with Crippen molar-refractivity contribution in [1.29, 1.82) is 0 Å². The molecule has 182 valence electrons. The second kappa shape index (κ2) is 11.0. The molecular weight excluding hydrogens is 426 g/mol. The third-order valence-electron chi connectivity index (χ3n) is 7.02. The van der Waals surface area contributed by atoms with Gasteiger partial charge in [-0.15, -0.1) is 0 Å². The summed E-state index contributed by atoms with van der Waals surface area (Å²) in [6.07, 6.45) is 3.51. The number of aliphatic hydroxyl groups excluding tert-OH is 3. The predicted octanol–water partition coefficient (Wildman–Crippen LogP) is 1.71. The van der Waals surface area contributed by atoms with Crippen LogP contribution in [0, 0.1) is 5.92 Å². The molecule has 0 radical (unpaired) electrons. The Kier molecular flexibility index (Phi) is 8.03. The second-order valence-electron chi connectivity index (χ2n) is 9.33. The second-order valence-corrected chi connectivity index (χ2v) is 9.33. The lowest BCUT2D eigenvalue weighted by atomic mass is 9.84. The highest BCUT2D eigenvalue weighted by Gasteiger charge is 2.43. The topological polar surface area (TPSA) is 109 Å². The summed E-state index contributed by atoms with van der Waals surface area (Å²) in [7, 11) is 0. The van der Waals surface area contributed by atoms with Gasteiger partial charge in [0.1, 0.15) is 24.1 Å². The minimum absolute atomic E-state index is 0.344. The summed E-state index contributed by atoms with van der Waals surface area (Å²) >= 11 is 0. The molecule has 3 aliphatic rings. The van der Waals surface area contributed by atoms with Crippen LogP contribution in [0.5, 0.6) is 5.75 Å². The van der Waals surface area contributed by atoms with E-state index in [4.69, 9.17) is 14.2 Å². The Balaban J connectivity index is 1.25. The van der Waals surface area contributed by atoms with Crippen molar-refractivity contribution < 1.29 is 34.3 Å². The van der Waals surface area contributed by atoms with Crippen LogP contribution in [0.3, 0.4) is 0 Å². The molecule has 3 fully saturated rings. The van der Waals surface area contributed by atoms with Gasteiger partial charge in [0.15, 0.2) is 0 Å². The van der Waals surface area contributed by atoms with Gasteiger partial charge in [0.05, 0.1) is 12.7 Å². The van der Waals surface area contributed by atoms with Crippen molar-refractivity contribution in [2.24, 2.45) is 5.92 Å². The van der Waals surface area contributed by atoms with Gasteiger partial charge >= 0.3 is 5.97 Å². The van der Waals surface area contributed by atoms with E-state index in [0.29, 0.717) is 24.3 Å². The monoisotopic (exact) mass is 461 g/mol. The Morgan fingerprint density at radius 3 is 2.61 bits per heavy atom. The molecule has 3 heterocycles. The van der Waals surface area contributed by atoms with Crippen molar-refractivity contribution in [1.82, 2.24) is 4.90 Å². The number of carbonyl (C=O) groups excluding carboxylic acids is 1. The highest BCUT2D eigenvalue weighted by Crippen LogP contribution is 2.31. The Bertz CT molecular complexity index is 811. The number of rotatable bonds is 6. The number of carbonyl (C=O) groups is 1. The van der Waals surface area contributed by atoms with Gasteiger partial charge in [-0.25, -0.2) is 4.79 Å². The van der Waals surface area contributed by atoms with Crippen LogP contribution in [0.2, 0.25) is 0 Å². The Morgan fingerprint density at radius 1 is 1.06 bits per heavy atom. The summed E-state index contributed by atoms with van der Waals surface area (Å²) < 4.78 is 16.6. The van der Waals surface area contributed by atoms with E-state index in [1.54, 1.807) is 37.3 Å². The molecule has 0 aromatic heterocycles. The van der Waals surface area contributed by atoms with Gasteiger partial charge in [0.2, 0.25) is 6.29 Å². The average Bonchev–Trinajstić information content (AvgIpc) is 2.84. The van der Waals surface area contributed by atoms with E-state index in [2.05, 4.69) is 4.90 Å². The number of esters is 1. The number of hydrogen-bond acceptors (Lipinski definition) is 8. The minimum Gasteiger partial charge on any atom is -0.462 e. The SMILES string of the molecule is C[C@@H]1O[C@H](Oc2ccc(C=CC(=O)OC[C@@H]3CCCN4CCCC[C@H]34)cc2)[C@@H](O)[C@H](O)[C@H]1O. The summed E-state index contributed by atoms with van der Waals surface area (Å²) in [5, 5.41) is 29.7. The lowest BCUT2D eigenvalue weighted by Gasteiger charge is -2.44. The average molecular weight is 462 g/mol. The van der Waals surface area contributed by atoms with Crippen molar-refractivity contribution in [3.05, 3.63) is 35.9 Å². The number of hydrogen-bond donors (Lipinski definition) is 3. The number of ether oxygens (including phenoxy) is 3. The molecule has 0 saturated carbocycles. The Morgan fingerprint density at radius 2 is 1.82 bits per heavy atom. The largest absolute Gasteiger partial charge is 0.462 e. The zero-order valence-corrected chi connectivity index (χ0v) is 19.1. The number of piperidine rings is 2. The third-order valence-corrected chi connectivity index (χ3v) is 7.02. The van der Waals surface area contributed by atoms with E-state index in [1.165, 1.54) is 44.8 Å². The van der Waals surface area contributed by atoms with Gasteiger partial charge in [0, 0.05) is 18.0 Å². The normalized spacial score (nSPS) is 35.2. The highest BCUT2D eigenvalue weighted by molar-refractivity contribution is 5.87. The van der Waals surface area contributed by atoms with Gasteiger partial charge in [0.25, 0.3) is 0 Å². The molecule has 33 heavy (non-hydrogen) atoms. The van der Waals surface area contributed by atoms with Crippen molar-refractivity contribution in [2.45, 2.75) is 75.8 Å². The molecule has 8 nitrogen and oxygen atoms in total. The van der Waals surface area contributed by atoms with Crippen LogP contribution in [0.1, 0.15) is 44.6 Å². The first kappa shape index (κ1) is 24.2. The van der Waals surface area contributed by atoms with Crippen molar-refractivity contribution in [2.75, 3.05) is 19.7 Å². The fraction of sp³-hybridized carbons (Fsp3) is 0.640. The summed E-state index contributed by atoms with van der Waals surface area (Å²) in [6, 6.07) is 7.45. The minimum atomic E-state index is -1.37. The van der Waals surface area contributed by atoms with Crippen LogP contribution >= 0.6 is 0 Å². The lowest BCUT2D eigenvalue weighted by Crippen LogP contribution is -2.58. The molecule has 0 spiro atoms. The molecule has 3 saturated heterocycles. The smallest absolute Gasteiger partial charge is 0.330 e. The fourth-order valence-electron chi connectivity index (χ4n) is 5.08. The molecule has 7 atom stereocenters. The summed E-state index contributed by atoms with van der Waals surface area (Å²) in [4.78, 5) is 14.8. The molecule has 0 unspecified atom stereocenters. The molecule has 0 bridgehead atoms. The molecule has 4 rings (SSSR count). The molecule has 8 heteroatoms. The van der Waals surface area contributed by atoms with Crippen LogP contribution < -0.4 is 4.74 Å². The maximum Gasteiger partial charge on any atom is 0.330 e. The zero-order valence-electron chi connectivity index (χ0n) is 19.1. The molecule has 1 aromatic carbocycles. The van der Waals surface area contributed by atoms with E-state index in [-0.39, 0.29) is 5.97 Å². The lowest BCUT2D eigenvalue weighted by molar-refractivity contribution is -0.268. The third kappa shape index (κ3) is 5.94. The predicted molar refractivity (Wildman–Crippen MR) is 121 cm³/mol. The van der Waals surface area contributed by atoms with Gasteiger partial charge < -0.3 is 29.5 Å². The molecular formula is C25H35NO7. The number of fused-ring (bicyclic) bond motifs is 1. The van der Waals surface area contributed by atoms with E-state index < -0.39 is 30.7 Å². The summed E-state index contributed by atoms with van der Waals surface area (Å²) in [5.41, 5.74) is 0.796. The maximum absolute atomic E-state index is 12.2. The molecule has 0 amide bonds. The zero-order chi connectivity index (χ0) is 23.4. The van der Waals surface area contributed by atoms with Crippen LogP contribution in [0.25, 0.3) is 6.08 Å². The first-order valence-electron chi connectivity index (χ1n) is 12.0. The number of benzene rings is 1. The van der Waals surface area contributed by atoms with E-state index in [0.717, 1.165) is 12.0 Å². The molecule has 1 aromatic rings. The summed E-state index contributed by atoms with van der Waals surface area (Å²) in [5.74, 6) is 0.514. The van der Waals surface area contributed by atoms with Crippen LogP contribution in [-0.4, -0.2) is 82.6 Å². The van der Waals surface area contributed by atoms with E-state index in [9.17, 15) is 20.1 Å². The van der Waals surface area contributed by atoms with E-state index >= 15 is 0 Å². The van der Waals surface area contributed by atoms with Gasteiger partial charge in [-0.2, -0.15) is 0 Å². The Labute approximate surface area is 194 Å². The highest BCUT2D eigenvalue weighted by atomic mass is 16.7. The van der Waals surface area contributed by atoms with Crippen molar-refractivity contribution in [3.8, 4) is 5.75 Å². The molecule has 0 aliphatic carbocycles. The van der Waals surface area contributed by atoms with E-state index in [1.807, 2.05) is 0 Å². The quantitative estimate of drug-likeness (QED) is 0.434. The number of nitrogens with zero attached hydrogens (tertiary/aromatic N) is 1. The van der Waals surface area contributed by atoms with Crippen molar-refractivity contribution in [3.63, 3.8) is 0 Å². The van der Waals surface area contributed by atoms with Crippen LogP contribution in [-0.2, 0) is 14.3 Å². The fourth-order valence-corrected chi connectivity index (χ4v) is 5.08. The Hall–Kier alpha value is -1.97. The van der Waals surface area contributed by atoms with Crippen LogP contribution in [0.4, 0.5) is 0 Å². The summed E-state index contributed by atoms with van der Waals surface area (Å²) in [6.45, 7) is 4.41. The first-order valence-corrected chi connectivity index (χ1v) is 12.0. The number of aliphatic hydroxyl groups is 3. The van der Waals surface area contributed by atoms with Gasteiger partial charge in [-0.1, -0.05) is 18.6 Å².